The van der Waals surface area contributed by atoms with Crippen LogP contribution in [-0.4, -0.2) is 28.4 Å². The largest absolute Gasteiger partial charge is 0.507 e. The van der Waals surface area contributed by atoms with Crippen LogP contribution in [0, 0.1) is 35.5 Å². The van der Waals surface area contributed by atoms with Crippen molar-refractivity contribution in [1.29, 1.82) is 0 Å². The molecule has 5 aromatic rings. The Balaban J connectivity index is 1.15. The zero-order valence-corrected chi connectivity index (χ0v) is 43.9. The average molecular weight is 940 g/mol. The third-order valence-electron chi connectivity index (χ3n) is 18.5. The number of benzene rings is 4. The van der Waals surface area contributed by atoms with Crippen LogP contribution in [-0.2, 0) is 21.7 Å². The Kier molecular flexibility index (Phi) is 12.3. The van der Waals surface area contributed by atoms with Crippen molar-refractivity contribution >= 4 is 0 Å². The van der Waals surface area contributed by atoms with E-state index in [-0.39, 0.29) is 21.7 Å². The molecule has 5 nitrogen and oxygen atoms in total. The molecule has 8 saturated carbocycles. The molecule has 8 aliphatic rings. The maximum Gasteiger partial charge on any atom is 0.127 e. The first-order valence-electron chi connectivity index (χ1n) is 27.8. The summed E-state index contributed by atoms with van der Waals surface area (Å²) in [6, 6.07) is 28.3. The second-order valence-corrected chi connectivity index (χ2v) is 25.9. The predicted octanol–water partition coefficient (Wildman–Crippen LogP) is 17.0. The molecule has 13 rings (SSSR count). The highest BCUT2D eigenvalue weighted by Gasteiger charge is 2.55. The van der Waals surface area contributed by atoms with E-state index in [2.05, 4.69) is 134 Å². The number of aromatic nitrogens is 1. The first-order chi connectivity index (χ1) is 33.5. The molecule has 0 aliphatic heterocycles. The van der Waals surface area contributed by atoms with Crippen LogP contribution in [0.2, 0.25) is 0 Å². The van der Waals surface area contributed by atoms with Crippen LogP contribution in [0.1, 0.15) is 180 Å². The summed E-state index contributed by atoms with van der Waals surface area (Å²) in [5, 5.41) is 26.7. The predicted molar refractivity (Wildman–Crippen MR) is 287 cm³/mol. The smallest absolute Gasteiger partial charge is 0.127 e. The van der Waals surface area contributed by atoms with Gasteiger partial charge in [-0.05, 0) is 206 Å². The van der Waals surface area contributed by atoms with Crippen molar-refractivity contribution < 1.29 is 19.7 Å². The monoisotopic (exact) mass is 940 g/mol. The van der Waals surface area contributed by atoms with Crippen molar-refractivity contribution in [3.05, 3.63) is 101 Å². The number of phenolic OH excluding ortho intramolecular Hbond substituents is 2. The molecule has 0 spiro atoms. The number of phenols is 2. The average Bonchev–Trinajstić information content (AvgIpc) is 3.30. The zero-order valence-electron chi connectivity index (χ0n) is 43.9. The standard InChI is InChI=1S/C65H81NO4/c1-9-11-22-69-48-18-13-16-46(30-48)56-58(50(62(3,4)5)32-52(60(56)67)64-34-40-24-41(35-64)26-42(25-40)36-64)54-20-15-21-55(66-54)59-51(63(6,7)8)33-53(65-37-43-27-44(38-65)29-45(28-43)39-65)61(68)57(59)47-17-14-19-49(31-47)70-23-12-10-2/h13-21,30-33,40-45,67-68H,9-12,22-29,34-39H2,1-8H3. The summed E-state index contributed by atoms with van der Waals surface area (Å²) in [7, 11) is 0. The summed E-state index contributed by atoms with van der Waals surface area (Å²) in [5.41, 5.74) is 11.3. The summed E-state index contributed by atoms with van der Waals surface area (Å²) in [6.07, 6.45) is 19.1. The van der Waals surface area contributed by atoms with Gasteiger partial charge in [-0.3, -0.25) is 0 Å². The number of ether oxygens (including phenoxy) is 2. The summed E-state index contributed by atoms with van der Waals surface area (Å²) < 4.78 is 12.8. The number of hydrogen-bond acceptors (Lipinski definition) is 5. The third-order valence-corrected chi connectivity index (χ3v) is 18.5. The maximum absolute atomic E-state index is 13.3. The van der Waals surface area contributed by atoms with E-state index in [0.29, 0.717) is 24.7 Å². The van der Waals surface area contributed by atoms with Gasteiger partial charge in [0.25, 0.3) is 0 Å². The summed E-state index contributed by atoms with van der Waals surface area (Å²) in [6.45, 7) is 19.7. The van der Waals surface area contributed by atoms with E-state index >= 15 is 0 Å². The van der Waals surface area contributed by atoms with Crippen LogP contribution in [0.15, 0.2) is 78.9 Å². The van der Waals surface area contributed by atoms with Gasteiger partial charge < -0.3 is 19.7 Å². The van der Waals surface area contributed by atoms with Gasteiger partial charge in [0.1, 0.15) is 23.0 Å². The molecule has 0 amide bonds. The molecule has 1 aromatic heterocycles. The molecular weight excluding hydrogens is 859 g/mol. The molecule has 0 atom stereocenters. The Bertz CT molecular complexity index is 2510. The molecule has 8 fully saturated rings. The van der Waals surface area contributed by atoms with E-state index < -0.39 is 0 Å². The Morgan fingerprint density at radius 2 is 0.829 bits per heavy atom. The van der Waals surface area contributed by atoms with E-state index in [0.717, 1.165) is 167 Å². The van der Waals surface area contributed by atoms with Gasteiger partial charge in [-0.1, -0.05) is 111 Å². The number of rotatable bonds is 14. The van der Waals surface area contributed by atoms with Gasteiger partial charge in [0, 0.05) is 33.4 Å². The highest BCUT2D eigenvalue weighted by Crippen LogP contribution is 2.65. The van der Waals surface area contributed by atoms with E-state index in [1.165, 1.54) is 49.7 Å². The lowest BCUT2D eigenvalue weighted by atomic mass is 9.47. The summed E-state index contributed by atoms with van der Waals surface area (Å²) >= 11 is 0. The van der Waals surface area contributed by atoms with Crippen LogP contribution in [0.5, 0.6) is 23.0 Å². The normalized spacial score (nSPS) is 27.6. The third kappa shape index (κ3) is 8.55. The lowest BCUT2D eigenvalue weighted by molar-refractivity contribution is -0.00630. The minimum Gasteiger partial charge on any atom is -0.507 e. The Morgan fingerprint density at radius 3 is 1.16 bits per heavy atom. The molecule has 8 aliphatic carbocycles. The topological polar surface area (TPSA) is 71.8 Å². The van der Waals surface area contributed by atoms with E-state index in [1.54, 1.807) is 0 Å². The molecule has 4 aromatic carbocycles. The van der Waals surface area contributed by atoms with Crippen molar-refractivity contribution in [2.75, 3.05) is 13.2 Å². The summed E-state index contributed by atoms with van der Waals surface area (Å²) in [4.78, 5) is 5.84. The van der Waals surface area contributed by atoms with Crippen molar-refractivity contribution in [1.82, 2.24) is 4.98 Å². The number of hydrogen-bond donors (Lipinski definition) is 2. The minimum absolute atomic E-state index is 0.0299. The van der Waals surface area contributed by atoms with Crippen LogP contribution in [0.4, 0.5) is 0 Å². The van der Waals surface area contributed by atoms with E-state index in [9.17, 15) is 10.2 Å². The molecule has 0 radical (unpaired) electrons. The van der Waals surface area contributed by atoms with Gasteiger partial charge in [0.15, 0.2) is 0 Å². The Morgan fingerprint density at radius 1 is 0.486 bits per heavy atom. The van der Waals surface area contributed by atoms with Gasteiger partial charge in [-0.25, -0.2) is 4.98 Å². The fraction of sp³-hybridized carbons (Fsp3) is 0.554. The number of unbranched alkanes of at least 4 members (excludes halogenated alkanes) is 2. The second kappa shape index (κ2) is 18.1. The molecule has 8 bridgehead atoms. The minimum atomic E-state index is -0.278. The van der Waals surface area contributed by atoms with Gasteiger partial charge in [-0.15, -0.1) is 0 Å². The van der Waals surface area contributed by atoms with Crippen molar-refractivity contribution in [2.24, 2.45) is 35.5 Å². The molecule has 5 heteroatoms. The SMILES string of the molecule is CCCCOc1cccc(-c2c(O)c(C34CC5CC(CC(C5)C3)C4)cc(C(C)(C)C)c2-c2cccc(-c3c(C(C)(C)C)cc(C45CC6CC(CC(C6)C4)C5)c(O)c3-c3cccc(OCCCC)c3)n2)c1. The molecule has 0 unspecified atom stereocenters. The lowest BCUT2D eigenvalue weighted by Gasteiger charge is -2.57. The second-order valence-electron chi connectivity index (χ2n) is 25.9. The Hall–Kier alpha value is -4.77. The maximum atomic E-state index is 13.3. The molecule has 1 heterocycles. The zero-order chi connectivity index (χ0) is 48.7. The van der Waals surface area contributed by atoms with Crippen LogP contribution < -0.4 is 9.47 Å². The fourth-order valence-corrected chi connectivity index (χ4v) is 16.2. The van der Waals surface area contributed by atoms with Gasteiger partial charge in [0.05, 0.1) is 24.6 Å². The first-order valence-corrected chi connectivity index (χ1v) is 27.8. The van der Waals surface area contributed by atoms with Crippen molar-refractivity contribution in [3.63, 3.8) is 0 Å². The molecule has 2 N–H and O–H groups in total. The van der Waals surface area contributed by atoms with Crippen molar-refractivity contribution in [2.45, 2.75) is 180 Å². The van der Waals surface area contributed by atoms with Crippen LogP contribution in [0.25, 0.3) is 44.8 Å². The number of pyridine rings is 1. The van der Waals surface area contributed by atoms with Crippen molar-refractivity contribution in [3.8, 4) is 67.8 Å². The van der Waals surface area contributed by atoms with Crippen LogP contribution in [0.3, 0.4) is 0 Å². The molecular formula is C65H81NO4. The Labute approximate surface area is 420 Å². The van der Waals surface area contributed by atoms with E-state index in [4.69, 9.17) is 14.5 Å². The number of aromatic hydroxyl groups is 2. The number of nitrogens with zero attached hydrogens (tertiary/aromatic N) is 1. The summed E-state index contributed by atoms with van der Waals surface area (Å²) in [5.74, 6) is 6.90. The molecule has 370 valence electrons. The van der Waals surface area contributed by atoms with E-state index in [1.807, 2.05) is 0 Å². The quantitative estimate of drug-likeness (QED) is 0.109. The van der Waals surface area contributed by atoms with Gasteiger partial charge >= 0.3 is 0 Å². The van der Waals surface area contributed by atoms with Crippen LogP contribution >= 0.6 is 0 Å². The van der Waals surface area contributed by atoms with Gasteiger partial charge in [0.2, 0.25) is 0 Å². The highest BCUT2D eigenvalue weighted by atomic mass is 16.5. The molecule has 70 heavy (non-hydrogen) atoms. The lowest BCUT2D eigenvalue weighted by Crippen LogP contribution is -2.48. The highest BCUT2D eigenvalue weighted by molar-refractivity contribution is 5.94. The molecule has 0 saturated heterocycles. The first kappa shape index (κ1) is 47.5. The fourth-order valence-electron chi connectivity index (χ4n) is 16.2. The van der Waals surface area contributed by atoms with Gasteiger partial charge in [-0.2, -0.15) is 0 Å².